The second kappa shape index (κ2) is 5.81. The molecule has 2 unspecified atom stereocenters. The van der Waals surface area contributed by atoms with Crippen LogP contribution in [0, 0.1) is 11.7 Å². The van der Waals surface area contributed by atoms with Crippen molar-refractivity contribution in [3.8, 4) is 0 Å². The smallest absolute Gasteiger partial charge is 0.123 e. The van der Waals surface area contributed by atoms with Crippen LogP contribution in [0.4, 0.5) is 4.39 Å². The summed E-state index contributed by atoms with van der Waals surface area (Å²) < 4.78 is 18.4. The van der Waals surface area contributed by atoms with Gasteiger partial charge in [-0.25, -0.2) is 4.39 Å². The molecule has 1 aliphatic rings. The Morgan fingerprint density at radius 2 is 2.33 bits per heavy atom. The molecule has 1 aliphatic carbocycles. The van der Waals surface area contributed by atoms with E-state index in [0.29, 0.717) is 12.5 Å². The molecule has 2 nitrogen and oxygen atoms in total. The minimum absolute atomic E-state index is 0.107. The lowest BCUT2D eigenvalue weighted by atomic mass is 9.57. The van der Waals surface area contributed by atoms with E-state index in [2.05, 4.69) is 18.3 Å². The number of rotatable bonds is 6. The van der Waals surface area contributed by atoms with Crippen molar-refractivity contribution in [2.24, 2.45) is 5.92 Å². The van der Waals surface area contributed by atoms with E-state index in [1.165, 1.54) is 12.5 Å². The highest BCUT2D eigenvalue weighted by Crippen LogP contribution is 2.48. The van der Waals surface area contributed by atoms with Crippen LogP contribution >= 0.6 is 0 Å². The van der Waals surface area contributed by atoms with E-state index in [-0.39, 0.29) is 11.2 Å². The van der Waals surface area contributed by atoms with Gasteiger partial charge in [0.25, 0.3) is 0 Å². The molecule has 2 rings (SSSR count). The van der Waals surface area contributed by atoms with Crippen LogP contribution in [0.25, 0.3) is 0 Å². The average molecular weight is 251 g/mol. The molecule has 1 N–H and O–H groups in total. The van der Waals surface area contributed by atoms with Crippen LogP contribution in [-0.4, -0.2) is 26.8 Å². The third kappa shape index (κ3) is 2.57. The summed E-state index contributed by atoms with van der Waals surface area (Å²) in [6.07, 6.45) is 2.36. The van der Waals surface area contributed by atoms with Crippen molar-refractivity contribution < 1.29 is 9.13 Å². The van der Waals surface area contributed by atoms with Gasteiger partial charge in [0.15, 0.2) is 0 Å². The lowest BCUT2D eigenvalue weighted by Gasteiger charge is -2.49. The highest BCUT2D eigenvalue weighted by molar-refractivity contribution is 5.30. The SMILES string of the molecule is COCCNCC1(c2cccc(F)c2)CCC1C. The number of halogens is 1. The summed E-state index contributed by atoms with van der Waals surface area (Å²) in [5.74, 6) is 0.470. The van der Waals surface area contributed by atoms with Crippen LogP contribution in [0.15, 0.2) is 24.3 Å². The Morgan fingerprint density at radius 3 is 2.89 bits per heavy atom. The third-order valence-corrected chi connectivity index (χ3v) is 4.29. The fraction of sp³-hybridized carbons (Fsp3) is 0.600. The van der Waals surface area contributed by atoms with E-state index >= 15 is 0 Å². The summed E-state index contributed by atoms with van der Waals surface area (Å²) in [5.41, 5.74) is 1.24. The van der Waals surface area contributed by atoms with Gasteiger partial charge in [-0.05, 0) is 36.5 Å². The molecule has 0 radical (unpaired) electrons. The Bertz CT molecular complexity index is 396. The molecule has 2 atom stereocenters. The lowest BCUT2D eigenvalue weighted by Crippen LogP contribution is -2.50. The van der Waals surface area contributed by atoms with Gasteiger partial charge in [0, 0.05) is 25.6 Å². The lowest BCUT2D eigenvalue weighted by molar-refractivity contribution is 0.127. The summed E-state index contributed by atoms with van der Waals surface area (Å²) in [6, 6.07) is 7.07. The first-order valence-corrected chi connectivity index (χ1v) is 6.65. The monoisotopic (exact) mass is 251 g/mol. The highest BCUT2D eigenvalue weighted by atomic mass is 19.1. The van der Waals surface area contributed by atoms with E-state index < -0.39 is 0 Å². The molecule has 1 fully saturated rings. The summed E-state index contributed by atoms with van der Waals surface area (Å²) in [5, 5.41) is 3.43. The molecule has 0 amide bonds. The molecule has 0 spiro atoms. The van der Waals surface area contributed by atoms with E-state index in [1.807, 2.05) is 6.07 Å². The quantitative estimate of drug-likeness (QED) is 0.785. The molecule has 0 aliphatic heterocycles. The van der Waals surface area contributed by atoms with Gasteiger partial charge in [0.1, 0.15) is 5.82 Å². The zero-order chi connectivity index (χ0) is 13.0. The molecule has 0 heterocycles. The Balaban J connectivity index is 2.07. The number of hydrogen-bond acceptors (Lipinski definition) is 2. The third-order valence-electron chi connectivity index (χ3n) is 4.29. The van der Waals surface area contributed by atoms with Gasteiger partial charge >= 0.3 is 0 Å². The number of methoxy groups -OCH3 is 1. The van der Waals surface area contributed by atoms with Crippen LogP contribution in [0.1, 0.15) is 25.3 Å². The molecular formula is C15H22FNO. The first-order chi connectivity index (χ1) is 8.69. The van der Waals surface area contributed by atoms with Gasteiger partial charge in [-0.1, -0.05) is 19.1 Å². The zero-order valence-corrected chi connectivity index (χ0v) is 11.2. The summed E-state index contributed by atoms with van der Waals surface area (Å²) in [6.45, 7) is 4.72. The van der Waals surface area contributed by atoms with Crippen LogP contribution in [0.3, 0.4) is 0 Å². The van der Waals surface area contributed by atoms with Crippen LogP contribution < -0.4 is 5.32 Å². The zero-order valence-electron chi connectivity index (χ0n) is 11.2. The second-order valence-corrected chi connectivity index (χ2v) is 5.28. The largest absolute Gasteiger partial charge is 0.383 e. The number of hydrogen-bond donors (Lipinski definition) is 1. The van der Waals surface area contributed by atoms with Crippen molar-refractivity contribution in [2.45, 2.75) is 25.2 Å². The fourth-order valence-electron chi connectivity index (χ4n) is 2.86. The van der Waals surface area contributed by atoms with Crippen molar-refractivity contribution in [3.63, 3.8) is 0 Å². The molecule has 18 heavy (non-hydrogen) atoms. The minimum Gasteiger partial charge on any atom is -0.383 e. The van der Waals surface area contributed by atoms with Crippen molar-refractivity contribution in [1.82, 2.24) is 5.32 Å². The predicted octanol–water partition coefficient (Wildman–Crippen LogP) is 2.73. The maximum Gasteiger partial charge on any atom is 0.123 e. The topological polar surface area (TPSA) is 21.3 Å². The van der Waals surface area contributed by atoms with E-state index in [4.69, 9.17) is 4.74 Å². The summed E-state index contributed by atoms with van der Waals surface area (Å²) >= 11 is 0. The molecule has 1 aromatic rings. The first kappa shape index (κ1) is 13.5. The standard InChI is InChI=1S/C15H22FNO/c1-12-6-7-15(12,11-17-8-9-18-2)13-4-3-5-14(16)10-13/h3-5,10,12,17H,6-9,11H2,1-2H3. The Hall–Kier alpha value is -0.930. The van der Waals surface area contributed by atoms with Gasteiger partial charge < -0.3 is 10.1 Å². The normalized spacial score (nSPS) is 26.9. The second-order valence-electron chi connectivity index (χ2n) is 5.28. The van der Waals surface area contributed by atoms with Crippen molar-refractivity contribution in [1.29, 1.82) is 0 Å². The van der Waals surface area contributed by atoms with Gasteiger partial charge in [0.2, 0.25) is 0 Å². The Labute approximate surface area is 109 Å². The van der Waals surface area contributed by atoms with Crippen molar-refractivity contribution in [2.75, 3.05) is 26.8 Å². The molecule has 3 heteroatoms. The Kier molecular flexibility index (Phi) is 4.36. The van der Waals surface area contributed by atoms with Gasteiger partial charge in [-0.2, -0.15) is 0 Å². The molecule has 0 bridgehead atoms. The molecule has 0 saturated heterocycles. The summed E-state index contributed by atoms with van der Waals surface area (Å²) in [7, 11) is 1.70. The molecule has 1 aromatic carbocycles. The predicted molar refractivity (Wildman–Crippen MR) is 71.2 cm³/mol. The minimum atomic E-state index is -0.136. The van der Waals surface area contributed by atoms with E-state index in [0.717, 1.165) is 25.1 Å². The van der Waals surface area contributed by atoms with Crippen LogP contribution in [-0.2, 0) is 10.2 Å². The number of benzene rings is 1. The highest BCUT2D eigenvalue weighted by Gasteiger charge is 2.44. The first-order valence-electron chi connectivity index (χ1n) is 6.65. The van der Waals surface area contributed by atoms with Gasteiger partial charge in [-0.15, -0.1) is 0 Å². The maximum absolute atomic E-state index is 13.4. The Morgan fingerprint density at radius 1 is 1.50 bits per heavy atom. The average Bonchev–Trinajstić information content (AvgIpc) is 2.37. The molecule has 0 aromatic heterocycles. The van der Waals surface area contributed by atoms with Gasteiger partial charge in [0.05, 0.1) is 6.61 Å². The molecule has 100 valence electrons. The van der Waals surface area contributed by atoms with Gasteiger partial charge in [-0.3, -0.25) is 0 Å². The number of nitrogens with one attached hydrogen (secondary N) is 1. The van der Waals surface area contributed by atoms with Crippen LogP contribution in [0.2, 0.25) is 0 Å². The van der Waals surface area contributed by atoms with Crippen molar-refractivity contribution in [3.05, 3.63) is 35.6 Å². The fourth-order valence-corrected chi connectivity index (χ4v) is 2.86. The van der Waals surface area contributed by atoms with Crippen LogP contribution in [0.5, 0.6) is 0 Å². The summed E-state index contributed by atoms with van der Waals surface area (Å²) in [4.78, 5) is 0. The van der Waals surface area contributed by atoms with Crippen molar-refractivity contribution >= 4 is 0 Å². The van der Waals surface area contributed by atoms with E-state index in [9.17, 15) is 4.39 Å². The maximum atomic E-state index is 13.4. The van der Waals surface area contributed by atoms with E-state index in [1.54, 1.807) is 13.2 Å². The number of ether oxygens (including phenoxy) is 1. The molecule has 1 saturated carbocycles. The molecular weight excluding hydrogens is 229 g/mol.